The fourth-order valence-electron chi connectivity index (χ4n) is 2.80. The zero-order valence-electron chi connectivity index (χ0n) is 10.9. The Kier molecular flexibility index (Phi) is 5.62. The molecule has 0 saturated heterocycles. The van der Waals surface area contributed by atoms with Gasteiger partial charge in [-0.25, -0.2) is 0 Å². The van der Waals surface area contributed by atoms with Crippen LogP contribution in [-0.4, -0.2) is 37.1 Å². The van der Waals surface area contributed by atoms with Crippen molar-refractivity contribution in [3.63, 3.8) is 0 Å². The number of hydrogen-bond acceptors (Lipinski definition) is 2. The second-order valence-electron chi connectivity index (χ2n) is 5.32. The summed E-state index contributed by atoms with van der Waals surface area (Å²) in [7, 11) is 2.29. The number of nitrogens with zero attached hydrogens (tertiary/aromatic N) is 1. The third-order valence-electron chi connectivity index (χ3n) is 3.65. The first-order chi connectivity index (χ1) is 7.13. The molecular weight excluding hydrogens is 184 g/mol. The third-order valence-corrected chi connectivity index (χ3v) is 3.65. The largest absolute Gasteiger partial charge is 0.313 e. The van der Waals surface area contributed by atoms with E-state index < -0.39 is 0 Å². The zero-order chi connectivity index (χ0) is 11.3. The van der Waals surface area contributed by atoms with Crippen molar-refractivity contribution in [2.45, 2.75) is 58.5 Å². The summed E-state index contributed by atoms with van der Waals surface area (Å²) in [4.78, 5) is 2.56. The van der Waals surface area contributed by atoms with E-state index in [1.165, 1.54) is 32.2 Å². The van der Waals surface area contributed by atoms with Crippen molar-refractivity contribution in [2.24, 2.45) is 5.92 Å². The Balaban J connectivity index is 2.28. The van der Waals surface area contributed by atoms with E-state index in [1.54, 1.807) is 0 Å². The topological polar surface area (TPSA) is 15.3 Å². The van der Waals surface area contributed by atoms with E-state index in [9.17, 15) is 0 Å². The number of rotatable bonds is 5. The second kappa shape index (κ2) is 6.49. The van der Waals surface area contributed by atoms with Gasteiger partial charge in [0.2, 0.25) is 0 Å². The molecular formula is C13H28N2. The van der Waals surface area contributed by atoms with Crippen molar-refractivity contribution in [3.05, 3.63) is 0 Å². The number of nitrogens with one attached hydrogen (secondary N) is 1. The molecule has 0 amide bonds. The highest BCUT2D eigenvalue weighted by atomic mass is 15.2. The lowest BCUT2D eigenvalue weighted by molar-refractivity contribution is 0.153. The van der Waals surface area contributed by atoms with Gasteiger partial charge in [-0.1, -0.05) is 26.7 Å². The number of likely N-dealkylation sites (N-methyl/N-ethyl adjacent to an activating group) is 2. The van der Waals surface area contributed by atoms with Crippen molar-refractivity contribution < 1.29 is 0 Å². The summed E-state index contributed by atoms with van der Waals surface area (Å²) >= 11 is 0. The van der Waals surface area contributed by atoms with Crippen LogP contribution in [0.5, 0.6) is 0 Å². The molecule has 1 fully saturated rings. The van der Waals surface area contributed by atoms with Crippen LogP contribution in [0.15, 0.2) is 0 Å². The van der Waals surface area contributed by atoms with E-state index in [2.05, 4.69) is 38.0 Å². The van der Waals surface area contributed by atoms with Gasteiger partial charge in [-0.05, 0) is 39.3 Å². The van der Waals surface area contributed by atoms with Crippen LogP contribution in [0.2, 0.25) is 0 Å². The Hall–Kier alpha value is -0.0800. The van der Waals surface area contributed by atoms with Crippen LogP contribution < -0.4 is 5.32 Å². The average molecular weight is 212 g/mol. The van der Waals surface area contributed by atoms with Crippen LogP contribution in [-0.2, 0) is 0 Å². The van der Waals surface area contributed by atoms with E-state index in [-0.39, 0.29) is 0 Å². The van der Waals surface area contributed by atoms with Gasteiger partial charge in [0.05, 0.1) is 0 Å². The first kappa shape index (κ1) is 13.0. The fraction of sp³-hybridized carbons (Fsp3) is 1.00. The minimum absolute atomic E-state index is 0.622. The highest BCUT2D eigenvalue weighted by molar-refractivity contribution is 4.78. The Morgan fingerprint density at radius 2 is 2.13 bits per heavy atom. The molecule has 0 spiro atoms. The van der Waals surface area contributed by atoms with Crippen LogP contribution in [0.25, 0.3) is 0 Å². The van der Waals surface area contributed by atoms with Gasteiger partial charge in [0.25, 0.3) is 0 Å². The lowest BCUT2D eigenvalue weighted by atomic mass is 9.86. The summed E-state index contributed by atoms with van der Waals surface area (Å²) in [5.41, 5.74) is 0. The first-order valence-corrected chi connectivity index (χ1v) is 6.57. The van der Waals surface area contributed by atoms with Crippen LogP contribution in [0, 0.1) is 5.92 Å². The summed E-state index contributed by atoms with van der Waals surface area (Å²) in [6.07, 6.45) is 5.66. The van der Waals surface area contributed by atoms with Crippen molar-refractivity contribution in [1.82, 2.24) is 10.2 Å². The van der Waals surface area contributed by atoms with Crippen molar-refractivity contribution in [1.29, 1.82) is 0 Å². The highest BCUT2D eigenvalue weighted by Gasteiger charge is 2.22. The van der Waals surface area contributed by atoms with Gasteiger partial charge in [-0.3, -0.25) is 0 Å². The first-order valence-electron chi connectivity index (χ1n) is 6.57. The van der Waals surface area contributed by atoms with Crippen molar-refractivity contribution in [2.75, 3.05) is 20.1 Å². The summed E-state index contributed by atoms with van der Waals surface area (Å²) < 4.78 is 0. The predicted octanol–water partition coefficient (Wildman–Crippen LogP) is 2.49. The molecule has 1 aliphatic carbocycles. The minimum Gasteiger partial charge on any atom is -0.313 e. The summed E-state index contributed by atoms with van der Waals surface area (Å²) in [6.45, 7) is 9.13. The molecule has 3 unspecified atom stereocenters. The molecule has 0 bridgehead atoms. The molecule has 3 atom stereocenters. The van der Waals surface area contributed by atoms with E-state index in [4.69, 9.17) is 0 Å². The molecule has 0 aromatic heterocycles. The summed E-state index contributed by atoms with van der Waals surface area (Å²) in [6, 6.07) is 1.45. The van der Waals surface area contributed by atoms with E-state index in [0.29, 0.717) is 6.04 Å². The van der Waals surface area contributed by atoms with Gasteiger partial charge in [0.1, 0.15) is 0 Å². The molecule has 2 nitrogen and oxygen atoms in total. The SMILES string of the molecule is CCNC(C)CN(C)C1CCCC(C)C1. The maximum atomic E-state index is 3.49. The highest BCUT2D eigenvalue weighted by Crippen LogP contribution is 2.26. The molecule has 2 heteroatoms. The lowest BCUT2D eigenvalue weighted by Crippen LogP contribution is -2.43. The molecule has 1 N–H and O–H groups in total. The summed E-state index contributed by atoms with van der Waals surface area (Å²) in [5.74, 6) is 0.931. The summed E-state index contributed by atoms with van der Waals surface area (Å²) in [5, 5.41) is 3.49. The van der Waals surface area contributed by atoms with Crippen LogP contribution in [0.1, 0.15) is 46.5 Å². The Morgan fingerprint density at radius 1 is 1.40 bits per heavy atom. The van der Waals surface area contributed by atoms with E-state index in [0.717, 1.165) is 18.5 Å². The zero-order valence-corrected chi connectivity index (χ0v) is 10.9. The van der Waals surface area contributed by atoms with E-state index in [1.807, 2.05) is 0 Å². The third kappa shape index (κ3) is 4.52. The van der Waals surface area contributed by atoms with Gasteiger partial charge in [-0.15, -0.1) is 0 Å². The average Bonchev–Trinajstić information content (AvgIpc) is 2.18. The maximum Gasteiger partial charge on any atom is 0.0166 e. The van der Waals surface area contributed by atoms with Gasteiger partial charge in [-0.2, -0.15) is 0 Å². The molecule has 0 aliphatic heterocycles. The molecule has 1 saturated carbocycles. The Bertz CT molecular complexity index is 170. The lowest BCUT2D eigenvalue weighted by Gasteiger charge is -2.35. The smallest absolute Gasteiger partial charge is 0.0166 e. The molecule has 1 rings (SSSR count). The quantitative estimate of drug-likeness (QED) is 0.753. The van der Waals surface area contributed by atoms with Gasteiger partial charge in [0, 0.05) is 18.6 Å². The monoisotopic (exact) mass is 212 g/mol. The predicted molar refractivity (Wildman–Crippen MR) is 67.2 cm³/mol. The van der Waals surface area contributed by atoms with Crippen molar-refractivity contribution >= 4 is 0 Å². The molecule has 0 aromatic carbocycles. The van der Waals surface area contributed by atoms with Crippen LogP contribution in [0.3, 0.4) is 0 Å². The van der Waals surface area contributed by atoms with Crippen molar-refractivity contribution in [3.8, 4) is 0 Å². The normalized spacial score (nSPS) is 29.4. The fourth-order valence-corrected chi connectivity index (χ4v) is 2.80. The minimum atomic E-state index is 0.622. The van der Waals surface area contributed by atoms with Gasteiger partial charge in [0.15, 0.2) is 0 Å². The molecule has 90 valence electrons. The van der Waals surface area contributed by atoms with E-state index >= 15 is 0 Å². The van der Waals surface area contributed by atoms with Gasteiger partial charge >= 0.3 is 0 Å². The van der Waals surface area contributed by atoms with Crippen LogP contribution in [0.4, 0.5) is 0 Å². The Morgan fingerprint density at radius 3 is 2.73 bits per heavy atom. The molecule has 1 aliphatic rings. The standard InChI is InChI=1S/C13H28N2/c1-5-14-12(3)10-15(4)13-8-6-7-11(2)9-13/h11-14H,5-10H2,1-4H3. The molecule has 15 heavy (non-hydrogen) atoms. The Labute approximate surface area is 95.4 Å². The van der Waals surface area contributed by atoms with Gasteiger partial charge < -0.3 is 10.2 Å². The maximum absolute atomic E-state index is 3.49. The molecule has 0 radical (unpaired) electrons. The molecule has 0 aromatic rings. The second-order valence-corrected chi connectivity index (χ2v) is 5.32. The van der Waals surface area contributed by atoms with Crippen LogP contribution >= 0.6 is 0 Å². The number of hydrogen-bond donors (Lipinski definition) is 1. The molecule has 0 heterocycles.